The van der Waals surface area contributed by atoms with Gasteiger partial charge in [0.05, 0.1) is 28.2 Å². The molecule has 7 heteroatoms. The Morgan fingerprint density at radius 3 is 2.65 bits per heavy atom. The van der Waals surface area contributed by atoms with Gasteiger partial charge in [0, 0.05) is 6.54 Å². The molecule has 3 aromatic rings. The summed E-state index contributed by atoms with van der Waals surface area (Å²) in [6.07, 6.45) is 0. The number of methoxy groups -OCH3 is 2. The van der Waals surface area contributed by atoms with Crippen LogP contribution in [0.3, 0.4) is 0 Å². The monoisotopic (exact) mass is 393 g/mol. The van der Waals surface area contributed by atoms with E-state index in [1.54, 1.807) is 25.6 Å². The summed E-state index contributed by atoms with van der Waals surface area (Å²) in [6.45, 7) is 2.54. The van der Waals surface area contributed by atoms with Crippen LogP contribution in [0.4, 0.5) is 5.82 Å². The SMILES string of the molecule is COc1ccc(CNc2nc(C)nc3cc(Br)sc23)cc1OC. The number of fused-ring (bicyclic) bond motifs is 1. The molecule has 23 heavy (non-hydrogen) atoms. The van der Waals surface area contributed by atoms with E-state index in [0.29, 0.717) is 6.54 Å². The fraction of sp³-hybridized carbons (Fsp3) is 0.250. The summed E-state index contributed by atoms with van der Waals surface area (Å²) in [4.78, 5) is 8.97. The largest absolute Gasteiger partial charge is 0.493 e. The molecule has 0 saturated heterocycles. The number of ether oxygens (including phenoxy) is 2. The lowest BCUT2D eigenvalue weighted by Gasteiger charge is -2.11. The normalized spacial score (nSPS) is 10.8. The number of rotatable bonds is 5. The van der Waals surface area contributed by atoms with Gasteiger partial charge in [-0.2, -0.15) is 0 Å². The topological polar surface area (TPSA) is 56.3 Å². The molecule has 2 heterocycles. The molecule has 3 rings (SSSR count). The lowest BCUT2D eigenvalue weighted by Crippen LogP contribution is -2.04. The van der Waals surface area contributed by atoms with E-state index in [1.807, 2.05) is 31.2 Å². The molecule has 120 valence electrons. The molecule has 0 saturated carbocycles. The summed E-state index contributed by atoms with van der Waals surface area (Å²) in [7, 11) is 3.26. The van der Waals surface area contributed by atoms with Crippen LogP contribution < -0.4 is 14.8 Å². The summed E-state index contributed by atoms with van der Waals surface area (Å²) in [5.41, 5.74) is 2.03. The summed E-state index contributed by atoms with van der Waals surface area (Å²) in [6, 6.07) is 7.88. The standard InChI is InChI=1S/C16H16BrN3O2S/c1-9-19-11-7-14(17)23-15(11)16(20-9)18-8-10-4-5-12(21-2)13(6-10)22-3/h4-7H,8H2,1-3H3,(H,18,19,20). The minimum atomic E-state index is 0.640. The number of aromatic nitrogens is 2. The molecule has 0 fully saturated rings. The summed E-state index contributed by atoms with van der Waals surface area (Å²) >= 11 is 5.13. The van der Waals surface area contributed by atoms with Crippen LogP contribution in [0.25, 0.3) is 10.2 Å². The van der Waals surface area contributed by atoms with E-state index < -0.39 is 0 Å². The lowest BCUT2D eigenvalue weighted by molar-refractivity contribution is 0.354. The quantitative estimate of drug-likeness (QED) is 0.696. The van der Waals surface area contributed by atoms with E-state index in [-0.39, 0.29) is 0 Å². The van der Waals surface area contributed by atoms with Crippen molar-refractivity contribution in [2.24, 2.45) is 0 Å². The van der Waals surface area contributed by atoms with E-state index in [0.717, 1.165) is 42.7 Å². The van der Waals surface area contributed by atoms with Crippen molar-refractivity contribution in [1.82, 2.24) is 9.97 Å². The number of anilines is 1. The molecular weight excluding hydrogens is 378 g/mol. The molecule has 0 spiro atoms. The Morgan fingerprint density at radius 2 is 1.91 bits per heavy atom. The van der Waals surface area contributed by atoms with Gasteiger partial charge in [-0.05, 0) is 46.6 Å². The maximum absolute atomic E-state index is 5.34. The van der Waals surface area contributed by atoms with Crippen molar-refractivity contribution in [3.63, 3.8) is 0 Å². The fourth-order valence-electron chi connectivity index (χ4n) is 2.31. The van der Waals surface area contributed by atoms with Crippen LogP contribution in [0, 0.1) is 6.92 Å². The van der Waals surface area contributed by atoms with E-state index >= 15 is 0 Å². The molecule has 0 aliphatic rings. The number of hydrogen-bond donors (Lipinski definition) is 1. The van der Waals surface area contributed by atoms with Gasteiger partial charge < -0.3 is 14.8 Å². The number of aryl methyl sites for hydroxylation is 1. The van der Waals surface area contributed by atoms with Crippen molar-refractivity contribution in [3.8, 4) is 11.5 Å². The smallest absolute Gasteiger partial charge is 0.161 e. The maximum atomic E-state index is 5.34. The van der Waals surface area contributed by atoms with Crippen LogP contribution >= 0.6 is 27.3 Å². The highest BCUT2D eigenvalue weighted by Gasteiger charge is 2.10. The lowest BCUT2D eigenvalue weighted by atomic mass is 10.2. The number of thiophene rings is 1. The van der Waals surface area contributed by atoms with Crippen LogP contribution in [-0.2, 0) is 6.54 Å². The van der Waals surface area contributed by atoms with Gasteiger partial charge in [-0.1, -0.05) is 6.07 Å². The molecule has 5 nitrogen and oxygen atoms in total. The van der Waals surface area contributed by atoms with Crippen molar-refractivity contribution in [2.75, 3.05) is 19.5 Å². The Balaban J connectivity index is 1.86. The molecule has 0 radical (unpaired) electrons. The predicted octanol–water partition coefficient (Wildman–Crippen LogP) is 4.39. The average Bonchev–Trinajstić information content (AvgIpc) is 2.92. The van der Waals surface area contributed by atoms with Gasteiger partial charge in [-0.15, -0.1) is 11.3 Å². The molecule has 2 aromatic heterocycles. The van der Waals surface area contributed by atoms with Crippen molar-refractivity contribution in [1.29, 1.82) is 0 Å². The first-order valence-electron chi connectivity index (χ1n) is 6.99. The average molecular weight is 394 g/mol. The summed E-state index contributed by atoms with van der Waals surface area (Å²) < 4.78 is 12.7. The second-order valence-corrected chi connectivity index (χ2v) is 7.36. The third-order valence-electron chi connectivity index (χ3n) is 3.36. The number of nitrogens with zero attached hydrogens (tertiary/aromatic N) is 2. The van der Waals surface area contributed by atoms with E-state index in [4.69, 9.17) is 9.47 Å². The highest BCUT2D eigenvalue weighted by molar-refractivity contribution is 9.11. The molecule has 0 unspecified atom stereocenters. The van der Waals surface area contributed by atoms with Crippen LogP contribution in [0.15, 0.2) is 28.1 Å². The third kappa shape index (κ3) is 3.40. The molecule has 1 aromatic carbocycles. The third-order valence-corrected chi connectivity index (χ3v) is 5.00. The first-order valence-corrected chi connectivity index (χ1v) is 8.60. The fourth-order valence-corrected chi connectivity index (χ4v) is 3.80. The molecule has 1 N–H and O–H groups in total. The van der Waals surface area contributed by atoms with Gasteiger partial charge in [0.1, 0.15) is 11.6 Å². The Morgan fingerprint density at radius 1 is 1.13 bits per heavy atom. The number of nitrogens with one attached hydrogen (secondary N) is 1. The predicted molar refractivity (Wildman–Crippen MR) is 96.7 cm³/mol. The number of hydrogen-bond acceptors (Lipinski definition) is 6. The Labute approximate surface area is 146 Å². The van der Waals surface area contributed by atoms with E-state index in [9.17, 15) is 0 Å². The Kier molecular flexibility index (Phi) is 4.68. The zero-order valence-corrected chi connectivity index (χ0v) is 15.4. The zero-order valence-electron chi connectivity index (χ0n) is 13.0. The second kappa shape index (κ2) is 6.72. The first-order chi connectivity index (χ1) is 11.1. The van der Waals surface area contributed by atoms with Gasteiger partial charge in [0.2, 0.25) is 0 Å². The molecule has 0 atom stereocenters. The Bertz CT molecular complexity index is 851. The minimum Gasteiger partial charge on any atom is -0.493 e. The Hall–Kier alpha value is -1.86. The van der Waals surface area contributed by atoms with Crippen molar-refractivity contribution in [3.05, 3.63) is 39.4 Å². The molecule has 0 bridgehead atoms. The summed E-state index contributed by atoms with van der Waals surface area (Å²) in [5.74, 6) is 3.03. The maximum Gasteiger partial charge on any atom is 0.161 e. The van der Waals surface area contributed by atoms with Crippen LogP contribution in [0.5, 0.6) is 11.5 Å². The van der Waals surface area contributed by atoms with Crippen molar-refractivity contribution < 1.29 is 9.47 Å². The van der Waals surface area contributed by atoms with Crippen molar-refractivity contribution in [2.45, 2.75) is 13.5 Å². The molecule has 0 amide bonds. The van der Waals surface area contributed by atoms with Gasteiger partial charge >= 0.3 is 0 Å². The van der Waals surface area contributed by atoms with Crippen LogP contribution in [0.2, 0.25) is 0 Å². The van der Waals surface area contributed by atoms with E-state index in [2.05, 4.69) is 31.2 Å². The number of halogens is 1. The van der Waals surface area contributed by atoms with Gasteiger partial charge in [0.25, 0.3) is 0 Å². The van der Waals surface area contributed by atoms with Crippen molar-refractivity contribution >= 4 is 43.3 Å². The van der Waals surface area contributed by atoms with Gasteiger partial charge in [-0.3, -0.25) is 0 Å². The van der Waals surface area contributed by atoms with Crippen LogP contribution in [0.1, 0.15) is 11.4 Å². The zero-order chi connectivity index (χ0) is 16.4. The van der Waals surface area contributed by atoms with Gasteiger partial charge in [-0.25, -0.2) is 9.97 Å². The minimum absolute atomic E-state index is 0.640. The molecule has 0 aliphatic carbocycles. The molecule has 0 aliphatic heterocycles. The molecular formula is C16H16BrN3O2S. The highest BCUT2D eigenvalue weighted by atomic mass is 79.9. The highest BCUT2D eigenvalue weighted by Crippen LogP contribution is 2.33. The van der Waals surface area contributed by atoms with E-state index in [1.165, 1.54) is 0 Å². The van der Waals surface area contributed by atoms with Crippen LogP contribution in [-0.4, -0.2) is 24.2 Å². The second-order valence-electron chi connectivity index (χ2n) is 4.93. The van der Waals surface area contributed by atoms with Gasteiger partial charge in [0.15, 0.2) is 11.5 Å². The first kappa shape index (κ1) is 16.0. The number of benzene rings is 1. The summed E-state index contributed by atoms with van der Waals surface area (Å²) in [5, 5.41) is 3.39.